The van der Waals surface area contributed by atoms with E-state index in [1.54, 1.807) is 32.0 Å². The van der Waals surface area contributed by atoms with Crippen molar-refractivity contribution in [3.63, 3.8) is 0 Å². The maximum Gasteiger partial charge on any atom is 0.409 e. The Bertz CT molecular complexity index is 923. The van der Waals surface area contributed by atoms with Crippen LogP contribution in [0.2, 0.25) is 0 Å². The Morgan fingerprint density at radius 3 is 2.19 bits per heavy atom. The van der Waals surface area contributed by atoms with Gasteiger partial charge in [-0.15, -0.1) is 0 Å². The van der Waals surface area contributed by atoms with Gasteiger partial charge >= 0.3 is 6.18 Å². The molecular formula is C26H35F3N2O. The smallest absolute Gasteiger partial charge is 0.287 e. The molecule has 0 aliphatic carbocycles. The molecule has 2 aromatic rings. The highest BCUT2D eigenvalue weighted by Crippen LogP contribution is 2.45. The van der Waals surface area contributed by atoms with Gasteiger partial charge in [0.1, 0.15) is 0 Å². The van der Waals surface area contributed by atoms with Crippen molar-refractivity contribution in [1.29, 1.82) is 0 Å². The zero-order valence-corrected chi connectivity index (χ0v) is 19.4. The number of hydrogen-bond donors (Lipinski definition) is 1. The van der Waals surface area contributed by atoms with Gasteiger partial charge in [0.25, 0.3) is 0 Å². The first-order valence-corrected chi connectivity index (χ1v) is 11.8. The van der Waals surface area contributed by atoms with Crippen molar-refractivity contribution in [1.82, 2.24) is 10.4 Å². The summed E-state index contributed by atoms with van der Waals surface area (Å²) in [5.74, 6) is -0.385. The third-order valence-corrected chi connectivity index (χ3v) is 6.45. The van der Waals surface area contributed by atoms with Crippen LogP contribution >= 0.6 is 0 Å². The van der Waals surface area contributed by atoms with Gasteiger partial charge in [0, 0.05) is 12.0 Å². The largest absolute Gasteiger partial charge is 0.409 e. The average molecular weight is 449 g/mol. The fourth-order valence-corrected chi connectivity index (χ4v) is 4.79. The number of aryl methyl sites for hydroxylation is 1. The van der Waals surface area contributed by atoms with E-state index in [0.29, 0.717) is 5.39 Å². The Morgan fingerprint density at radius 2 is 1.59 bits per heavy atom. The fraction of sp³-hybridized carbons (Fsp3) is 0.577. The molecule has 1 aliphatic heterocycles. The molecule has 0 bridgehead atoms. The van der Waals surface area contributed by atoms with Crippen LogP contribution in [0.1, 0.15) is 89.3 Å². The molecule has 2 aromatic carbocycles. The Balaban J connectivity index is 1.87. The number of alkyl halides is 3. The monoisotopic (exact) mass is 448 g/mol. The van der Waals surface area contributed by atoms with Gasteiger partial charge in [-0.3, -0.25) is 10.2 Å². The first-order valence-electron chi connectivity index (χ1n) is 11.8. The molecule has 1 amide bonds. The molecule has 0 saturated carbocycles. The van der Waals surface area contributed by atoms with Crippen LogP contribution in [0.25, 0.3) is 10.8 Å². The summed E-state index contributed by atoms with van der Waals surface area (Å²) in [6.07, 6.45) is 4.77. The number of fused-ring (bicyclic) bond motifs is 1. The van der Waals surface area contributed by atoms with Gasteiger partial charge in [-0.25, -0.2) is 0 Å². The van der Waals surface area contributed by atoms with Crippen LogP contribution in [0.15, 0.2) is 36.4 Å². The summed E-state index contributed by atoms with van der Waals surface area (Å²) in [4.78, 5) is 12.0. The van der Waals surface area contributed by atoms with Gasteiger partial charge in [-0.1, -0.05) is 81.8 Å². The maximum absolute atomic E-state index is 14.3. The first-order chi connectivity index (χ1) is 15.1. The quantitative estimate of drug-likeness (QED) is 0.388. The molecule has 3 rings (SSSR count). The second kappa shape index (κ2) is 10.2. The van der Waals surface area contributed by atoms with E-state index in [9.17, 15) is 18.0 Å². The minimum Gasteiger partial charge on any atom is -0.287 e. The highest BCUT2D eigenvalue weighted by atomic mass is 19.4. The Labute approximate surface area is 189 Å². The van der Waals surface area contributed by atoms with E-state index in [0.717, 1.165) is 35.2 Å². The third kappa shape index (κ3) is 5.64. The van der Waals surface area contributed by atoms with Crippen molar-refractivity contribution >= 4 is 16.7 Å². The highest BCUT2D eigenvalue weighted by Gasteiger charge is 2.53. The Kier molecular flexibility index (Phi) is 7.86. The Hall–Kier alpha value is -2.08. The van der Waals surface area contributed by atoms with Crippen molar-refractivity contribution in [2.45, 2.75) is 96.3 Å². The standard InChI is InChI=1S/C26H35F3N2O/c1-4-5-6-7-8-9-10-13-19-16-17-22(21-15-12-11-14-20(19)21)24(26(27,28)29)31-25(2,3)18-23(32)30-31/h11-12,14-17,24H,4-10,13,18H2,1-3H3,(H,30,32)/t24-/m0/s1. The van der Waals surface area contributed by atoms with E-state index in [2.05, 4.69) is 12.3 Å². The lowest BCUT2D eigenvalue weighted by Crippen LogP contribution is -2.51. The molecule has 3 nitrogen and oxygen atoms in total. The van der Waals surface area contributed by atoms with Crippen molar-refractivity contribution in [3.05, 3.63) is 47.5 Å². The molecule has 0 radical (unpaired) electrons. The van der Waals surface area contributed by atoms with Crippen molar-refractivity contribution < 1.29 is 18.0 Å². The van der Waals surface area contributed by atoms with Crippen LogP contribution in [0.4, 0.5) is 13.2 Å². The van der Waals surface area contributed by atoms with Crippen LogP contribution in [0, 0.1) is 0 Å². The summed E-state index contributed by atoms with van der Waals surface area (Å²) in [6, 6.07) is 8.89. The second-order valence-electron chi connectivity index (χ2n) is 9.57. The first kappa shape index (κ1) is 24.6. The van der Waals surface area contributed by atoms with Gasteiger partial charge in [0.15, 0.2) is 6.04 Å². The number of nitrogens with zero attached hydrogens (tertiary/aromatic N) is 1. The molecule has 1 aliphatic rings. The minimum absolute atomic E-state index is 0.0356. The zero-order chi connectivity index (χ0) is 23.4. The number of nitrogens with one attached hydrogen (secondary N) is 1. The molecule has 0 aromatic heterocycles. The van der Waals surface area contributed by atoms with E-state index in [4.69, 9.17) is 0 Å². The van der Waals surface area contributed by atoms with E-state index in [-0.39, 0.29) is 17.9 Å². The maximum atomic E-state index is 14.3. The number of carbonyl (C=O) groups is 1. The highest BCUT2D eigenvalue weighted by molar-refractivity contribution is 5.89. The molecule has 1 fully saturated rings. The van der Waals surface area contributed by atoms with Crippen molar-refractivity contribution in [3.8, 4) is 0 Å². The number of carbonyl (C=O) groups excluding carboxylic acids is 1. The van der Waals surface area contributed by atoms with Crippen LogP contribution < -0.4 is 5.43 Å². The summed E-state index contributed by atoms with van der Waals surface area (Å²) >= 11 is 0. The molecule has 1 atom stereocenters. The van der Waals surface area contributed by atoms with Gasteiger partial charge in [-0.05, 0) is 48.6 Å². The number of unbranched alkanes of at least 4 members (excludes halogenated alkanes) is 6. The average Bonchev–Trinajstić information content (AvgIpc) is 2.99. The molecule has 0 unspecified atom stereocenters. The Morgan fingerprint density at radius 1 is 0.969 bits per heavy atom. The summed E-state index contributed by atoms with van der Waals surface area (Å²) in [7, 11) is 0. The molecule has 6 heteroatoms. The lowest BCUT2D eigenvalue weighted by Gasteiger charge is -2.38. The van der Waals surface area contributed by atoms with Crippen LogP contribution in [-0.2, 0) is 11.2 Å². The number of hydrogen-bond acceptors (Lipinski definition) is 2. The molecule has 1 N–H and O–H groups in total. The van der Waals surface area contributed by atoms with Crippen molar-refractivity contribution in [2.75, 3.05) is 0 Å². The number of amides is 1. The number of rotatable bonds is 10. The summed E-state index contributed by atoms with van der Waals surface area (Å²) in [5, 5.41) is 2.56. The van der Waals surface area contributed by atoms with E-state index < -0.39 is 17.8 Å². The molecule has 32 heavy (non-hydrogen) atoms. The van der Waals surface area contributed by atoms with Crippen molar-refractivity contribution in [2.24, 2.45) is 0 Å². The summed E-state index contributed by atoms with van der Waals surface area (Å²) in [5.41, 5.74) is 2.80. The molecule has 0 spiro atoms. The van der Waals surface area contributed by atoms with E-state index in [1.165, 1.54) is 32.1 Å². The number of benzene rings is 2. The van der Waals surface area contributed by atoms with Gasteiger partial charge in [0.05, 0.1) is 0 Å². The predicted octanol–water partition coefficient (Wildman–Crippen LogP) is 7.25. The van der Waals surface area contributed by atoms with Crippen LogP contribution in [0.3, 0.4) is 0 Å². The molecular weight excluding hydrogens is 413 g/mol. The minimum atomic E-state index is -4.53. The van der Waals surface area contributed by atoms with Gasteiger partial charge in [0.2, 0.25) is 5.91 Å². The SMILES string of the molecule is CCCCCCCCCc1ccc([C@H](N2NC(=O)CC2(C)C)C(F)(F)F)c2ccccc12. The van der Waals surface area contributed by atoms with Gasteiger partial charge in [-0.2, -0.15) is 18.2 Å². The number of hydrazine groups is 1. The number of halogens is 3. The second-order valence-corrected chi connectivity index (χ2v) is 9.57. The molecule has 176 valence electrons. The van der Waals surface area contributed by atoms with Gasteiger partial charge < -0.3 is 0 Å². The van der Waals surface area contributed by atoms with E-state index in [1.807, 2.05) is 18.2 Å². The summed E-state index contributed by atoms with van der Waals surface area (Å²) < 4.78 is 43.0. The van der Waals surface area contributed by atoms with Crippen LogP contribution in [-0.4, -0.2) is 22.6 Å². The normalized spacial score (nSPS) is 17.6. The fourth-order valence-electron chi connectivity index (χ4n) is 4.79. The molecule has 1 saturated heterocycles. The lowest BCUT2D eigenvalue weighted by molar-refractivity contribution is -0.203. The predicted molar refractivity (Wildman–Crippen MR) is 123 cm³/mol. The topological polar surface area (TPSA) is 32.3 Å². The zero-order valence-electron chi connectivity index (χ0n) is 19.4. The van der Waals surface area contributed by atoms with Crippen LogP contribution in [0.5, 0.6) is 0 Å². The lowest BCUT2D eigenvalue weighted by atomic mass is 9.90. The van der Waals surface area contributed by atoms with E-state index >= 15 is 0 Å². The summed E-state index contributed by atoms with van der Waals surface area (Å²) in [6.45, 7) is 5.54. The molecule has 1 heterocycles. The third-order valence-electron chi connectivity index (χ3n) is 6.45.